The Bertz CT molecular complexity index is 1150. The van der Waals surface area contributed by atoms with Crippen molar-refractivity contribution in [1.29, 1.82) is 0 Å². The summed E-state index contributed by atoms with van der Waals surface area (Å²) in [6.07, 6.45) is 6.36. The van der Waals surface area contributed by atoms with Gasteiger partial charge in [-0.25, -0.2) is 15.0 Å². The van der Waals surface area contributed by atoms with Crippen LogP contribution < -0.4 is 16.2 Å². The van der Waals surface area contributed by atoms with Gasteiger partial charge in [0, 0.05) is 31.0 Å². The van der Waals surface area contributed by atoms with E-state index in [-0.39, 0.29) is 30.4 Å². The third-order valence-corrected chi connectivity index (χ3v) is 5.25. The maximum atomic E-state index is 13.0. The maximum Gasteiger partial charge on any atom is 0.262 e. The van der Waals surface area contributed by atoms with Crippen molar-refractivity contribution in [1.82, 2.24) is 19.5 Å². The first-order valence-electron chi connectivity index (χ1n) is 11.0. The monoisotopic (exact) mass is 438 g/mol. The van der Waals surface area contributed by atoms with Crippen LogP contribution in [0.5, 0.6) is 0 Å². The van der Waals surface area contributed by atoms with Gasteiger partial charge in [0.2, 0.25) is 0 Å². The molecule has 4 heterocycles. The van der Waals surface area contributed by atoms with E-state index in [1.807, 2.05) is 39.0 Å². The Labute approximate surface area is 186 Å². The summed E-state index contributed by atoms with van der Waals surface area (Å²) in [4.78, 5) is 26.5. The number of fused-ring (bicyclic) bond motifs is 1. The number of aliphatic hydroxyl groups is 1. The second kappa shape index (κ2) is 9.22. The summed E-state index contributed by atoms with van der Waals surface area (Å²) < 4.78 is 7.34. The van der Waals surface area contributed by atoms with Crippen LogP contribution in [0.1, 0.15) is 51.8 Å². The van der Waals surface area contributed by atoms with Crippen molar-refractivity contribution in [3.8, 4) is 0 Å². The first-order valence-corrected chi connectivity index (χ1v) is 11.0. The smallest absolute Gasteiger partial charge is 0.262 e. The molecule has 4 rings (SSSR count). The average molecular weight is 439 g/mol. The van der Waals surface area contributed by atoms with Crippen LogP contribution in [0.15, 0.2) is 35.5 Å². The molecule has 0 saturated carbocycles. The molecule has 1 aliphatic heterocycles. The normalized spacial score (nSPS) is 16.8. The molecule has 1 atom stereocenters. The van der Waals surface area contributed by atoms with Crippen molar-refractivity contribution in [2.75, 3.05) is 23.8 Å². The van der Waals surface area contributed by atoms with Crippen LogP contribution in [-0.2, 0) is 11.3 Å². The average Bonchev–Trinajstić information content (AvgIpc) is 2.75. The van der Waals surface area contributed by atoms with Gasteiger partial charge in [-0.1, -0.05) is 0 Å². The van der Waals surface area contributed by atoms with E-state index in [0.29, 0.717) is 22.8 Å². The Kier molecular flexibility index (Phi) is 6.38. The van der Waals surface area contributed by atoms with E-state index >= 15 is 0 Å². The van der Waals surface area contributed by atoms with E-state index in [0.717, 1.165) is 36.9 Å². The number of nitrogens with one attached hydrogen (secondary N) is 2. The summed E-state index contributed by atoms with van der Waals surface area (Å²) >= 11 is 0. The molecular weight excluding hydrogens is 408 g/mol. The highest BCUT2D eigenvalue weighted by Gasteiger charge is 2.19. The number of ether oxygens (including phenoxy) is 1. The molecule has 0 spiro atoms. The zero-order chi connectivity index (χ0) is 22.7. The van der Waals surface area contributed by atoms with Crippen molar-refractivity contribution in [2.45, 2.75) is 58.2 Å². The zero-order valence-corrected chi connectivity index (χ0v) is 18.8. The lowest BCUT2D eigenvalue weighted by molar-refractivity contribution is 0.0123. The Morgan fingerprint density at radius 3 is 2.78 bits per heavy atom. The standard InChI is InChI=1S/C23H30N6O3/c1-23(2,3)28-21-20-15(7-8-29(9-10-30)22(20)31)12-19(27-21)26-18-13-16(24-14-25-18)17-6-4-5-11-32-17/h7-8,12-14,17,30H,4-6,9-11H2,1-3H3,(H2,24,25,26,27,28). The van der Waals surface area contributed by atoms with Crippen LogP contribution in [0, 0.1) is 0 Å². The fourth-order valence-electron chi connectivity index (χ4n) is 3.82. The number of rotatable bonds is 6. The number of aliphatic hydroxyl groups excluding tert-OH is 1. The van der Waals surface area contributed by atoms with Gasteiger partial charge in [0.05, 0.1) is 23.8 Å². The van der Waals surface area contributed by atoms with Gasteiger partial charge in [-0.2, -0.15) is 0 Å². The summed E-state index contributed by atoms with van der Waals surface area (Å²) in [7, 11) is 0. The number of hydrogen-bond acceptors (Lipinski definition) is 8. The molecule has 3 aromatic heterocycles. The third-order valence-electron chi connectivity index (χ3n) is 5.25. The minimum absolute atomic E-state index is 0.0139. The molecule has 9 nitrogen and oxygen atoms in total. The highest BCUT2D eigenvalue weighted by atomic mass is 16.5. The lowest BCUT2D eigenvalue weighted by Crippen LogP contribution is -2.29. The largest absolute Gasteiger partial charge is 0.395 e. The van der Waals surface area contributed by atoms with E-state index in [9.17, 15) is 9.90 Å². The fraction of sp³-hybridized carbons (Fsp3) is 0.478. The Hall–Kier alpha value is -3.04. The summed E-state index contributed by atoms with van der Waals surface area (Å²) in [5.74, 6) is 1.67. The van der Waals surface area contributed by atoms with Crippen LogP contribution in [0.3, 0.4) is 0 Å². The third kappa shape index (κ3) is 5.05. The molecule has 1 saturated heterocycles. The highest BCUT2D eigenvalue weighted by molar-refractivity contribution is 5.93. The van der Waals surface area contributed by atoms with Crippen LogP contribution in [0.4, 0.5) is 17.5 Å². The topological polar surface area (TPSA) is 114 Å². The molecule has 0 amide bonds. The Morgan fingerprint density at radius 2 is 2.06 bits per heavy atom. The second-order valence-corrected chi connectivity index (χ2v) is 9.04. The molecule has 9 heteroatoms. The molecule has 170 valence electrons. The number of nitrogens with zero attached hydrogens (tertiary/aromatic N) is 4. The first kappa shape index (κ1) is 22.2. The molecule has 0 aromatic carbocycles. The molecule has 1 fully saturated rings. The zero-order valence-electron chi connectivity index (χ0n) is 18.8. The van der Waals surface area contributed by atoms with Crippen molar-refractivity contribution in [3.05, 3.63) is 46.8 Å². The van der Waals surface area contributed by atoms with Gasteiger partial charge >= 0.3 is 0 Å². The Morgan fingerprint density at radius 1 is 1.22 bits per heavy atom. The number of pyridine rings is 2. The molecular formula is C23H30N6O3. The second-order valence-electron chi connectivity index (χ2n) is 9.04. The van der Waals surface area contributed by atoms with Crippen LogP contribution >= 0.6 is 0 Å². The molecule has 1 aliphatic rings. The maximum absolute atomic E-state index is 13.0. The molecule has 1 unspecified atom stereocenters. The van der Waals surface area contributed by atoms with Gasteiger partial charge in [0.15, 0.2) is 0 Å². The summed E-state index contributed by atoms with van der Waals surface area (Å²) in [5.41, 5.74) is 0.354. The number of hydrogen-bond donors (Lipinski definition) is 3. The van der Waals surface area contributed by atoms with E-state index in [1.165, 1.54) is 10.9 Å². The quantitative estimate of drug-likeness (QED) is 0.537. The van der Waals surface area contributed by atoms with E-state index in [2.05, 4.69) is 20.6 Å². The van der Waals surface area contributed by atoms with Crippen LogP contribution in [0.25, 0.3) is 10.8 Å². The van der Waals surface area contributed by atoms with Crippen molar-refractivity contribution < 1.29 is 9.84 Å². The van der Waals surface area contributed by atoms with Gasteiger partial charge < -0.3 is 25.0 Å². The van der Waals surface area contributed by atoms with Gasteiger partial charge in [-0.15, -0.1) is 0 Å². The minimum atomic E-state index is -0.303. The predicted molar refractivity (Wildman–Crippen MR) is 124 cm³/mol. The van der Waals surface area contributed by atoms with Crippen LogP contribution in [0.2, 0.25) is 0 Å². The lowest BCUT2D eigenvalue weighted by Gasteiger charge is -2.23. The summed E-state index contributed by atoms with van der Waals surface area (Å²) in [6.45, 7) is 6.90. The van der Waals surface area contributed by atoms with Crippen LogP contribution in [-0.4, -0.2) is 43.4 Å². The molecule has 3 aromatic rings. The SMILES string of the molecule is CC(C)(C)Nc1nc(Nc2cc(C3CCCCO3)ncn2)cc2ccn(CCO)c(=O)c12. The van der Waals surface area contributed by atoms with E-state index < -0.39 is 0 Å². The van der Waals surface area contributed by atoms with E-state index in [1.54, 1.807) is 6.20 Å². The molecule has 32 heavy (non-hydrogen) atoms. The fourth-order valence-corrected chi connectivity index (χ4v) is 3.82. The van der Waals surface area contributed by atoms with Gasteiger partial charge in [-0.05, 0) is 57.6 Å². The number of aromatic nitrogens is 4. The van der Waals surface area contributed by atoms with Crippen molar-refractivity contribution in [3.63, 3.8) is 0 Å². The van der Waals surface area contributed by atoms with Crippen molar-refractivity contribution >= 4 is 28.2 Å². The molecule has 3 N–H and O–H groups in total. The first-order chi connectivity index (χ1) is 15.3. The molecule has 0 aliphatic carbocycles. The van der Waals surface area contributed by atoms with Crippen molar-refractivity contribution in [2.24, 2.45) is 0 Å². The number of anilines is 3. The van der Waals surface area contributed by atoms with Gasteiger partial charge in [0.25, 0.3) is 5.56 Å². The lowest BCUT2D eigenvalue weighted by atomic mass is 10.1. The Balaban J connectivity index is 1.72. The van der Waals surface area contributed by atoms with Gasteiger partial charge in [-0.3, -0.25) is 4.79 Å². The highest BCUT2D eigenvalue weighted by Crippen LogP contribution is 2.29. The van der Waals surface area contributed by atoms with Gasteiger partial charge in [0.1, 0.15) is 23.8 Å². The minimum Gasteiger partial charge on any atom is -0.395 e. The van der Waals surface area contributed by atoms with E-state index in [4.69, 9.17) is 9.72 Å². The summed E-state index contributed by atoms with van der Waals surface area (Å²) in [5, 5.41) is 17.1. The summed E-state index contributed by atoms with van der Waals surface area (Å²) in [6, 6.07) is 5.57. The predicted octanol–water partition coefficient (Wildman–Crippen LogP) is 3.37. The molecule has 0 bridgehead atoms. The molecule has 0 radical (unpaired) electrons.